The summed E-state index contributed by atoms with van der Waals surface area (Å²) in [7, 11) is -0.342. The summed E-state index contributed by atoms with van der Waals surface area (Å²) in [5, 5.41) is 12.7. The summed E-state index contributed by atoms with van der Waals surface area (Å²) in [4.78, 5) is 0.233. The first kappa shape index (κ1) is 19.1. The average molecular weight is 302 g/mol. The lowest BCUT2D eigenvalue weighted by atomic mass is 10.2. The molecule has 0 aliphatic heterocycles. The Labute approximate surface area is 122 Å². The van der Waals surface area contributed by atoms with Gasteiger partial charge in [-0.25, -0.2) is 8.42 Å². The number of sulfonamides is 1. The normalized spacial score (nSPS) is 14.3. The number of hydrogen-bond acceptors (Lipinski definition) is 4. The number of nitrogens with zero attached hydrogens (tertiary/aromatic N) is 1. The molecule has 0 saturated carbocycles. The molecule has 0 aromatic heterocycles. The van der Waals surface area contributed by atoms with Gasteiger partial charge in [-0.1, -0.05) is 32.0 Å². The highest BCUT2D eigenvalue weighted by molar-refractivity contribution is 7.89. The van der Waals surface area contributed by atoms with Crippen molar-refractivity contribution in [2.75, 3.05) is 20.6 Å². The van der Waals surface area contributed by atoms with Gasteiger partial charge in [-0.05, 0) is 26.1 Å². The monoisotopic (exact) mass is 302 g/mol. The summed E-state index contributed by atoms with van der Waals surface area (Å²) in [5.41, 5.74) is 0. The first-order valence-electron chi connectivity index (χ1n) is 6.76. The molecule has 0 spiro atoms. The molecule has 0 radical (unpaired) electrons. The predicted molar refractivity (Wildman–Crippen MR) is 82.1 cm³/mol. The van der Waals surface area contributed by atoms with Crippen LogP contribution in [0, 0.1) is 0 Å². The maximum atomic E-state index is 12.2. The van der Waals surface area contributed by atoms with Crippen LogP contribution in [0.2, 0.25) is 0 Å². The van der Waals surface area contributed by atoms with Gasteiger partial charge in [-0.15, -0.1) is 0 Å². The molecule has 2 atom stereocenters. The molecular formula is C14H26N2O3S. The van der Waals surface area contributed by atoms with E-state index in [2.05, 4.69) is 5.32 Å². The standard InChI is InChI=1S/C12H20N2O3S.C2H6/c1-10(13-2)12(15)9-14(3)18(16,17)11-7-5-4-6-8-11;1-2/h4-8,10,12-13,15H,9H2,1-3H3;1-2H3. The number of aliphatic hydroxyl groups is 1. The SMILES string of the molecule is CC.CNC(C)C(O)CN(C)S(=O)(=O)c1ccccc1. The molecule has 116 valence electrons. The van der Waals surface area contributed by atoms with E-state index in [1.165, 1.54) is 11.4 Å². The molecule has 1 rings (SSSR count). The molecule has 0 heterocycles. The van der Waals surface area contributed by atoms with Crippen LogP contribution in [0.4, 0.5) is 0 Å². The highest BCUT2D eigenvalue weighted by atomic mass is 32.2. The minimum absolute atomic E-state index is 0.0548. The fourth-order valence-electron chi connectivity index (χ4n) is 1.48. The lowest BCUT2D eigenvalue weighted by molar-refractivity contribution is 0.120. The molecule has 6 heteroatoms. The number of hydrogen-bond donors (Lipinski definition) is 2. The van der Waals surface area contributed by atoms with Crippen molar-refractivity contribution in [3.05, 3.63) is 30.3 Å². The number of nitrogens with one attached hydrogen (secondary N) is 1. The molecule has 2 N–H and O–H groups in total. The maximum absolute atomic E-state index is 12.2. The quantitative estimate of drug-likeness (QED) is 0.831. The molecule has 2 unspecified atom stereocenters. The Kier molecular flexibility index (Phi) is 8.64. The molecule has 1 aromatic rings. The topological polar surface area (TPSA) is 69.6 Å². The third-order valence-electron chi connectivity index (χ3n) is 2.93. The smallest absolute Gasteiger partial charge is 0.242 e. The number of likely N-dealkylation sites (N-methyl/N-ethyl adjacent to an activating group) is 2. The van der Waals surface area contributed by atoms with E-state index in [0.717, 1.165) is 0 Å². The van der Waals surface area contributed by atoms with Gasteiger partial charge >= 0.3 is 0 Å². The second-order valence-electron chi connectivity index (χ2n) is 4.24. The van der Waals surface area contributed by atoms with Crippen LogP contribution in [0.3, 0.4) is 0 Å². The third kappa shape index (κ3) is 5.20. The average Bonchev–Trinajstić information content (AvgIpc) is 2.49. The van der Waals surface area contributed by atoms with Crippen molar-refractivity contribution in [1.82, 2.24) is 9.62 Å². The summed E-state index contributed by atoms with van der Waals surface area (Å²) >= 11 is 0. The summed E-state index contributed by atoms with van der Waals surface area (Å²) in [5.74, 6) is 0. The van der Waals surface area contributed by atoms with Crippen molar-refractivity contribution < 1.29 is 13.5 Å². The molecule has 20 heavy (non-hydrogen) atoms. The first-order chi connectivity index (χ1) is 9.39. The van der Waals surface area contributed by atoms with Crippen LogP contribution in [-0.2, 0) is 10.0 Å². The van der Waals surface area contributed by atoms with E-state index in [9.17, 15) is 13.5 Å². The second kappa shape index (κ2) is 9.07. The van der Waals surface area contributed by atoms with E-state index in [0.29, 0.717) is 0 Å². The van der Waals surface area contributed by atoms with Crippen molar-refractivity contribution in [2.45, 2.75) is 37.8 Å². The Morgan fingerprint density at radius 1 is 1.25 bits per heavy atom. The van der Waals surface area contributed by atoms with Crippen LogP contribution in [0.1, 0.15) is 20.8 Å². The molecule has 0 fully saturated rings. The van der Waals surface area contributed by atoms with Gasteiger partial charge in [0.25, 0.3) is 0 Å². The Balaban J connectivity index is 0.00000172. The van der Waals surface area contributed by atoms with E-state index in [1.54, 1.807) is 44.3 Å². The van der Waals surface area contributed by atoms with Crippen molar-refractivity contribution in [1.29, 1.82) is 0 Å². The van der Waals surface area contributed by atoms with Crippen molar-refractivity contribution in [2.24, 2.45) is 0 Å². The van der Waals surface area contributed by atoms with Gasteiger partial charge in [-0.3, -0.25) is 0 Å². The largest absolute Gasteiger partial charge is 0.390 e. The fraction of sp³-hybridized carbons (Fsp3) is 0.571. The minimum Gasteiger partial charge on any atom is -0.390 e. The lowest BCUT2D eigenvalue weighted by Crippen LogP contribution is -2.43. The molecule has 0 saturated heterocycles. The van der Waals surface area contributed by atoms with Crippen molar-refractivity contribution >= 4 is 10.0 Å². The lowest BCUT2D eigenvalue weighted by Gasteiger charge is -2.24. The number of benzene rings is 1. The number of rotatable bonds is 6. The van der Waals surface area contributed by atoms with Crippen LogP contribution in [0.5, 0.6) is 0 Å². The second-order valence-corrected chi connectivity index (χ2v) is 6.29. The summed E-state index contributed by atoms with van der Waals surface area (Å²) in [6, 6.07) is 8.02. The molecule has 0 aliphatic carbocycles. The molecule has 0 amide bonds. The van der Waals surface area contributed by atoms with Gasteiger partial charge in [-0.2, -0.15) is 4.31 Å². The minimum atomic E-state index is -3.53. The third-order valence-corrected chi connectivity index (χ3v) is 4.77. The predicted octanol–water partition coefficient (Wildman–Crippen LogP) is 1.30. The van der Waals surface area contributed by atoms with Gasteiger partial charge in [0.2, 0.25) is 10.0 Å². The molecule has 5 nitrogen and oxygen atoms in total. The zero-order valence-corrected chi connectivity index (χ0v) is 13.7. The van der Waals surface area contributed by atoms with Crippen LogP contribution in [-0.4, -0.2) is 50.6 Å². The van der Waals surface area contributed by atoms with Gasteiger partial charge in [0.15, 0.2) is 0 Å². The van der Waals surface area contributed by atoms with Crippen molar-refractivity contribution in [3.63, 3.8) is 0 Å². The van der Waals surface area contributed by atoms with Crippen LogP contribution in [0.25, 0.3) is 0 Å². The van der Waals surface area contributed by atoms with Crippen LogP contribution < -0.4 is 5.32 Å². The van der Waals surface area contributed by atoms with E-state index in [4.69, 9.17) is 0 Å². The van der Waals surface area contributed by atoms with Gasteiger partial charge < -0.3 is 10.4 Å². The van der Waals surface area contributed by atoms with Gasteiger partial charge in [0.1, 0.15) is 0 Å². The highest BCUT2D eigenvalue weighted by Gasteiger charge is 2.24. The summed E-state index contributed by atoms with van der Waals surface area (Å²) in [6.07, 6.45) is -0.751. The zero-order chi connectivity index (χ0) is 15.8. The Hall–Kier alpha value is -0.950. The van der Waals surface area contributed by atoms with Crippen LogP contribution >= 0.6 is 0 Å². The summed E-state index contributed by atoms with van der Waals surface area (Å²) in [6.45, 7) is 5.85. The van der Waals surface area contributed by atoms with E-state index in [-0.39, 0.29) is 17.5 Å². The molecular weight excluding hydrogens is 276 g/mol. The maximum Gasteiger partial charge on any atom is 0.242 e. The summed E-state index contributed by atoms with van der Waals surface area (Å²) < 4.78 is 25.5. The Morgan fingerprint density at radius 3 is 2.20 bits per heavy atom. The molecule has 0 bridgehead atoms. The van der Waals surface area contributed by atoms with E-state index in [1.807, 2.05) is 13.8 Å². The number of aliphatic hydroxyl groups excluding tert-OH is 1. The zero-order valence-electron chi connectivity index (χ0n) is 12.9. The molecule has 1 aromatic carbocycles. The van der Waals surface area contributed by atoms with E-state index >= 15 is 0 Å². The van der Waals surface area contributed by atoms with E-state index < -0.39 is 16.1 Å². The van der Waals surface area contributed by atoms with Crippen molar-refractivity contribution in [3.8, 4) is 0 Å². The van der Waals surface area contributed by atoms with Crippen LogP contribution in [0.15, 0.2) is 35.2 Å². The fourth-order valence-corrected chi connectivity index (χ4v) is 2.69. The van der Waals surface area contributed by atoms with Gasteiger partial charge in [0, 0.05) is 19.6 Å². The Bertz CT molecular complexity index is 463. The Morgan fingerprint density at radius 2 is 1.75 bits per heavy atom. The first-order valence-corrected chi connectivity index (χ1v) is 8.20. The molecule has 0 aliphatic rings. The van der Waals surface area contributed by atoms with Gasteiger partial charge in [0.05, 0.1) is 11.0 Å². The highest BCUT2D eigenvalue weighted by Crippen LogP contribution is 2.14.